The SMILES string of the molecule is O=C(CCCSc1ccccc1)Nc1nc(-c2cccc3ccccc23)cs1. The molecule has 5 heteroatoms. The van der Waals surface area contributed by atoms with Crippen molar-refractivity contribution in [3.63, 3.8) is 0 Å². The Morgan fingerprint density at radius 2 is 1.75 bits per heavy atom. The molecule has 0 spiro atoms. The molecule has 140 valence electrons. The van der Waals surface area contributed by atoms with Crippen LogP contribution in [0.4, 0.5) is 5.13 Å². The summed E-state index contributed by atoms with van der Waals surface area (Å²) in [6, 6.07) is 24.8. The number of nitrogens with one attached hydrogen (secondary N) is 1. The van der Waals surface area contributed by atoms with Gasteiger partial charge in [-0.3, -0.25) is 4.79 Å². The van der Waals surface area contributed by atoms with Gasteiger partial charge in [0.05, 0.1) is 5.69 Å². The Labute approximate surface area is 172 Å². The summed E-state index contributed by atoms with van der Waals surface area (Å²) >= 11 is 3.25. The number of amides is 1. The zero-order valence-corrected chi connectivity index (χ0v) is 16.9. The van der Waals surface area contributed by atoms with E-state index in [0.29, 0.717) is 11.6 Å². The lowest BCUT2D eigenvalue weighted by molar-refractivity contribution is -0.116. The molecule has 0 bridgehead atoms. The maximum Gasteiger partial charge on any atom is 0.226 e. The number of hydrogen-bond donors (Lipinski definition) is 1. The average Bonchev–Trinajstić information content (AvgIpc) is 3.20. The molecular weight excluding hydrogens is 384 g/mol. The number of aromatic nitrogens is 1. The fourth-order valence-corrected chi connectivity index (χ4v) is 4.63. The molecule has 0 saturated carbocycles. The van der Waals surface area contributed by atoms with E-state index in [1.54, 1.807) is 11.8 Å². The zero-order chi connectivity index (χ0) is 19.2. The van der Waals surface area contributed by atoms with Crippen molar-refractivity contribution in [3.05, 3.63) is 78.2 Å². The van der Waals surface area contributed by atoms with Crippen LogP contribution >= 0.6 is 23.1 Å². The first-order valence-electron chi connectivity index (χ1n) is 9.21. The second-order valence-electron chi connectivity index (χ2n) is 6.38. The van der Waals surface area contributed by atoms with Gasteiger partial charge in [0.15, 0.2) is 5.13 Å². The summed E-state index contributed by atoms with van der Waals surface area (Å²) in [5.41, 5.74) is 1.99. The highest BCUT2D eigenvalue weighted by Crippen LogP contribution is 2.31. The molecule has 1 aromatic heterocycles. The summed E-state index contributed by atoms with van der Waals surface area (Å²) < 4.78 is 0. The molecule has 0 atom stereocenters. The Bertz CT molecular complexity index is 1070. The van der Waals surface area contributed by atoms with Crippen LogP contribution in [0.1, 0.15) is 12.8 Å². The number of carbonyl (C=O) groups excluding carboxylic acids is 1. The van der Waals surface area contributed by atoms with E-state index in [9.17, 15) is 4.79 Å². The number of thiazole rings is 1. The fraction of sp³-hybridized carbons (Fsp3) is 0.130. The van der Waals surface area contributed by atoms with Crippen LogP contribution in [-0.2, 0) is 4.79 Å². The van der Waals surface area contributed by atoms with Gasteiger partial charge in [0.25, 0.3) is 0 Å². The van der Waals surface area contributed by atoms with Gasteiger partial charge in [0.2, 0.25) is 5.91 Å². The molecule has 3 nitrogen and oxygen atoms in total. The van der Waals surface area contributed by atoms with Crippen LogP contribution in [0, 0.1) is 0 Å². The molecule has 0 aliphatic rings. The molecule has 0 radical (unpaired) electrons. The molecule has 3 aromatic carbocycles. The topological polar surface area (TPSA) is 42.0 Å². The summed E-state index contributed by atoms with van der Waals surface area (Å²) in [5.74, 6) is 0.948. The number of hydrogen-bond acceptors (Lipinski definition) is 4. The zero-order valence-electron chi connectivity index (χ0n) is 15.3. The van der Waals surface area contributed by atoms with Crippen molar-refractivity contribution in [2.45, 2.75) is 17.7 Å². The third kappa shape index (κ3) is 4.61. The molecule has 0 fully saturated rings. The minimum Gasteiger partial charge on any atom is -0.302 e. The van der Waals surface area contributed by atoms with Gasteiger partial charge < -0.3 is 5.32 Å². The minimum absolute atomic E-state index is 0.0208. The van der Waals surface area contributed by atoms with Gasteiger partial charge >= 0.3 is 0 Å². The van der Waals surface area contributed by atoms with Crippen LogP contribution in [-0.4, -0.2) is 16.6 Å². The molecule has 1 amide bonds. The molecule has 4 aromatic rings. The normalized spacial score (nSPS) is 10.9. The van der Waals surface area contributed by atoms with Crippen molar-refractivity contribution in [1.82, 2.24) is 4.98 Å². The first-order valence-corrected chi connectivity index (χ1v) is 11.1. The Hall–Kier alpha value is -2.63. The van der Waals surface area contributed by atoms with E-state index in [1.165, 1.54) is 27.0 Å². The summed E-state index contributed by atoms with van der Waals surface area (Å²) in [5, 5.41) is 7.96. The standard InChI is InChI=1S/C23H20N2OS2/c26-22(14-7-15-27-18-10-2-1-3-11-18)25-23-24-21(16-28-23)20-13-6-9-17-8-4-5-12-19(17)20/h1-6,8-13,16H,7,14-15H2,(H,24,25,26). The largest absolute Gasteiger partial charge is 0.302 e. The van der Waals surface area contributed by atoms with Crippen LogP contribution in [0.3, 0.4) is 0 Å². The quantitative estimate of drug-likeness (QED) is 0.283. The molecule has 28 heavy (non-hydrogen) atoms. The predicted octanol–water partition coefficient (Wildman–Crippen LogP) is 6.47. The number of anilines is 1. The Morgan fingerprint density at radius 3 is 2.64 bits per heavy atom. The molecular formula is C23H20N2OS2. The number of fused-ring (bicyclic) bond motifs is 1. The molecule has 0 unspecified atom stereocenters. The third-order valence-corrected chi connectivity index (χ3v) is 6.23. The predicted molar refractivity (Wildman–Crippen MR) is 120 cm³/mol. The van der Waals surface area contributed by atoms with E-state index in [0.717, 1.165) is 23.4 Å². The van der Waals surface area contributed by atoms with Gasteiger partial charge in [-0.2, -0.15) is 0 Å². The van der Waals surface area contributed by atoms with E-state index in [4.69, 9.17) is 0 Å². The summed E-state index contributed by atoms with van der Waals surface area (Å²) in [6.07, 6.45) is 1.34. The maximum absolute atomic E-state index is 12.2. The monoisotopic (exact) mass is 404 g/mol. The molecule has 0 aliphatic heterocycles. The van der Waals surface area contributed by atoms with Gasteiger partial charge in [0, 0.05) is 22.3 Å². The number of benzene rings is 3. The number of carbonyl (C=O) groups is 1. The summed E-state index contributed by atoms with van der Waals surface area (Å²) in [7, 11) is 0. The van der Waals surface area contributed by atoms with Gasteiger partial charge in [-0.25, -0.2) is 4.98 Å². The highest BCUT2D eigenvalue weighted by molar-refractivity contribution is 7.99. The molecule has 0 aliphatic carbocycles. The second-order valence-corrected chi connectivity index (χ2v) is 8.40. The Morgan fingerprint density at radius 1 is 0.964 bits per heavy atom. The van der Waals surface area contributed by atoms with Crippen LogP contribution in [0.2, 0.25) is 0 Å². The lowest BCUT2D eigenvalue weighted by atomic mass is 10.0. The number of rotatable bonds is 7. The van der Waals surface area contributed by atoms with E-state index in [1.807, 2.05) is 41.8 Å². The van der Waals surface area contributed by atoms with E-state index < -0.39 is 0 Å². The van der Waals surface area contributed by atoms with Crippen LogP contribution in [0.5, 0.6) is 0 Å². The van der Waals surface area contributed by atoms with Crippen molar-refractivity contribution >= 4 is 44.9 Å². The molecule has 1 heterocycles. The maximum atomic E-state index is 12.2. The Balaban J connectivity index is 1.33. The van der Waals surface area contributed by atoms with Crippen molar-refractivity contribution in [3.8, 4) is 11.3 Å². The lowest BCUT2D eigenvalue weighted by Gasteiger charge is -2.04. The highest BCUT2D eigenvalue weighted by Gasteiger charge is 2.10. The van der Waals surface area contributed by atoms with Gasteiger partial charge in [0.1, 0.15) is 0 Å². The average molecular weight is 405 g/mol. The van der Waals surface area contributed by atoms with Crippen molar-refractivity contribution in [2.75, 3.05) is 11.1 Å². The van der Waals surface area contributed by atoms with Gasteiger partial charge in [-0.05, 0) is 35.1 Å². The van der Waals surface area contributed by atoms with Gasteiger partial charge in [-0.1, -0.05) is 60.7 Å². The first-order chi connectivity index (χ1) is 13.8. The van der Waals surface area contributed by atoms with Crippen molar-refractivity contribution < 1.29 is 4.79 Å². The highest BCUT2D eigenvalue weighted by atomic mass is 32.2. The third-order valence-electron chi connectivity index (χ3n) is 4.38. The number of thioether (sulfide) groups is 1. The van der Waals surface area contributed by atoms with Gasteiger partial charge in [-0.15, -0.1) is 23.1 Å². The van der Waals surface area contributed by atoms with Crippen LogP contribution in [0.15, 0.2) is 83.1 Å². The fourth-order valence-electron chi connectivity index (χ4n) is 3.02. The molecule has 0 saturated heterocycles. The van der Waals surface area contributed by atoms with E-state index >= 15 is 0 Å². The molecule has 4 rings (SSSR count). The first kappa shape index (κ1) is 18.7. The van der Waals surface area contributed by atoms with E-state index in [2.05, 4.69) is 46.7 Å². The van der Waals surface area contributed by atoms with Crippen molar-refractivity contribution in [2.24, 2.45) is 0 Å². The molecule has 1 N–H and O–H groups in total. The van der Waals surface area contributed by atoms with Crippen LogP contribution in [0.25, 0.3) is 22.0 Å². The van der Waals surface area contributed by atoms with Crippen molar-refractivity contribution in [1.29, 1.82) is 0 Å². The van der Waals surface area contributed by atoms with Crippen LogP contribution < -0.4 is 5.32 Å². The lowest BCUT2D eigenvalue weighted by Crippen LogP contribution is -2.11. The Kier molecular flexibility index (Phi) is 6.04. The number of nitrogens with zero attached hydrogens (tertiary/aromatic N) is 1. The minimum atomic E-state index is 0.0208. The van der Waals surface area contributed by atoms with E-state index in [-0.39, 0.29) is 5.91 Å². The smallest absolute Gasteiger partial charge is 0.226 e. The second kappa shape index (κ2) is 9.04. The summed E-state index contributed by atoms with van der Waals surface area (Å²) in [4.78, 5) is 18.1. The summed E-state index contributed by atoms with van der Waals surface area (Å²) in [6.45, 7) is 0.